The standard InChI is InChI=1S/C14H26N4O/c1-10(2)5-12(6-11(3)4)17-13-7-16-18(8-13)9-14(15)19/h7-8,10-12,17H,5-6,9H2,1-4H3,(H2,15,19). The number of hydrogen-bond donors (Lipinski definition) is 2. The summed E-state index contributed by atoms with van der Waals surface area (Å²) in [6.45, 7) is 9.04. The van der Waals surface area contributed by atoms with Crippen LogP contribution in [0.25, 0.3) is 0 Å². The molecule has 19 heavy (non-hydrogen) atoms. The number of rotatable bonds is 8. The number of primary amides is 1. The molecule has 0 fully saturated rings. The van der Waals surface area contributed by atoms with E-state index >= 15 is 0 Å². The number of nitrogens with zero attached hydrogens (tertiary/aromatic N) is 2. The predicted octanol–water partition coefficient (Wildman–Crippen LogP) is 2.24. The first kappa shape index (κ1) is 15.5. The number of carbonyl (C=O) groups is 1. The Hall–Kier alpha value is -1.52. The van der Waals surface area contributed by atoms with E-state index in [2.05, 4.69) is 38.1 Å². The summed E-state index contributed by atoms with van der Waals surface area (Å²) in [6.07, 6.45) is 5.83. The van der Waals surface area contributed by atoms with Gasteiger partial charge in [-0.3, -0.25) is 9.48 Å². The molecule has 0 radical (unpaired) electrons. The fraction of sp³-hybridized carbons (Fsp3) is 0.714. The van der Waals surface area contributed by atoms with Crippen LogP contribution in [0.3, 0.4) is 0 Å². The Bertz CT molecular complexity index is 388. The summed E-state index contributed by atoms with van der Waals surface area (Å²) in [5, 5.41) is 7.62. The van der Waals surface area contributed by atoms with Gasteiger partial charge in [-0.1, -0.05) is 27.7 Å². The number of nitrogens with one attached hydrogen (secondary N) is 1. The quantitative estimate of drug-likeness (QED) is 0.758. The second-order valence-electron chi connectivity index (χ2n) is 5.99. The third-order valence-corrected chi connectivity index (χ3v) is 2.83. The number of nitrogens with two attached hydrogens (primary N) is 1. The maximum Gasteiger partial charge on any atom is 0.239 e. The van der Waals surface area contributed by atoms with E-state index in [1.807, 2.05) is 6.20 Å². The Morgan fingerprint density at radius 2 is 1.89 bits per heavy atom. The molecule has 5 nitrogen and oxygen atoms in total. The lowest BCUT2D eigenvalue weighted by molar-refractivity contribution is -0.118. The lowest BCUT2D eigenvalue weighted by Crippen LogP contribution is -2.23. The van der Waals surface area contributed by atoms with Crippen molar-refractivity contribution in [2.24, 2.45) is 17.6 Å². The zero-order valence-electron chi connectivity index (χ0n) is 12.4. The van der Waals surface area contributed by atoms with Crippen LogP contribution in [0.2, 0.25) is 0 Å². The summed E-state index contributed by atoms with van der Waals surface area (Å²) in [4.78, 5) is 10.8. The summed E-state index contributed by atoms with van der Waals surface area (Å²) in [5.41, 5.74) is 6.10. The largest absolute Gasteiger partial charge is 0.380 e. The van der Waals surface area contributed by atoms with Gasteiger partial charge in [-0.25, -0.2) is 0 Å². The Morgan fingerprint density at radius 3 is 2.37 bits per heavy atom. The molecule has 0 atom stereocenters. The normalized spacial score (nSPS) is 11.5. The third kappa shape index (κ3) is 6.27. The molecule has 0 aromatic carbocycles. The Morgan fingerprint density at radius 1 is 1.32 bits per heavy atom. The second kappa shape index (κ2) is 7.16. The Kier molecular flexibility index (Phi) is 5.86. The molecule has 3 N–H and O–H groups in total. The minimum Gasteiger partial charge on any atom is -0.380 e. The van der Waals surface area contributed by atoms with Gasteiger partial charge in [-0.05, 0) is 24.7 Å². The van der Waals surface area contributed by atoms with Gasteiger partial charge in [-0.15, -0.1) is 0 Å². The van der Waals surface area contributed by atoms with E-state index in [0.717, 1.165) is 18.5 Å². The first-order chi connectivity index (χ1) is 8.86. The van der Waals surface area contributed by atoms with Crippen LogP contribution in [0.1, 0.15) is 40.5 Å². The fourth-order valence-electron chi connectivity index (χ4n) is 2.27. The molecule has 1 aromatic heterocycles. The summed E-state index contributed by atoms with van der Waals surface area (Å²) >= 11 is 0. The average Bonchev–Trinajstić information content (AvgIpc) is 2.61. The first-order valence-electron chi connectivity index (χ1n) is 6.94. The van der Waals surface area contributed by atoms with Gasteiger partial charge in [0.2, 0.25) is 5.91 Å². The molecule has 1 aromatic rings. The van der Waals surface area contributed by atoms with Crippen LogP contribution in [0, 0.1) is 11.8 Å². The molecule has 1 heterocycles. The van der Waals surface area contributed by atoms with E-state index in [-0.39, 0.29) is 12.5 Å². The van der Waals surface area contributed by atoms with Crippen molar-refractivity contribution in [3.05, 3.63) is 12.4 Å². The van der Waals surface area contributed by atoms with Crippen LogP contribution in [0.15, 0.2) is 12.4 Å². The maximum atomic E-state index is 10.8. The van der Waals surface area contributed by atoms with Crippen LogP contribution in [-0.2, 0) is 11.3 Å². The van der Waals surface area contributed by atoms with E-state index in [0.29, 0.717) is 17.9 Å². The monoisotopic (exact) mass is 266 g/mol. The van der Waals surface area contributed by atoms with E-state index in [1.54, 1.807) is 10.9 Å². The zero-order chi connectivity index (χ0) is 14.4. The fourth-order valence-corrected chi connectivity index (χ4v) is 2.27. The number of carbonyl (C=O) groups excluding carboxylic acids is 1. The van der Waals surface area contributed by atoms with E-state index in [4.69, 9.17) is 5.73 Å². The Labute approximate surface area is 115 Å². The zero-order valence-corrected chi connectivity index (χ0v) is 12.4. The topological polar surface area (TPSA) is 72.9 Å². The van der Waals surface area contributed by atoms with Gasteiger partial charge in [0, 0.05) is 12.2 Å². The SMILES string of the molecule is CC(C)CC(CC(C)C)Nc1cnn(CC(N)=O)c1. The summed E-state index contributed by atoms with van der Waals surface area (Å²) in [6, 6.07) is 0.436. The minimum atomic E-state index is -0.379. The third-order valence-electron chi connectivity index (χ3n) is 2.83. The molecule has 0 aliphatic carbocycles. The average molecular weight is 266 g/mol. The molecule has 5 heteroatoms. The Balaban J connectivity index is 2.61. The molecule has 1 amide bonds. The molecule has 0 unspecified atom stereocenters. The van der Waals surface area contributed by atoms with Crippen molar-refractivity contribution >= 4 is 11.6 Å². The van der Waals surface area contributed by atoms with Crippen LogP contribution in [0.4, 0.5) is 5.69 Å². The highest BCUT2D eigenvalue weighted by Crippen LogP contribution is 2.18. The summed E-state index contributed by atoms with van der Waals surface area (Å²) in [7, 11) is 0. The molecular formula is C14H26N4O. The van der Waals surface area contributed by atoms with Gasteiger partial charge >= 0.3 is 0 Å². The van der Waals surface area contributed by atoms with Crippen LogP contribution >= 0.6 is 0 Å². The highest BCUT2D eigenvalue weighted by molar-refractivity contribution is 5.73. The highest BCUT2D eigenvalue weighted by Gasteiger charge is 2.13. The lowest BCUT2D eigenvalue weighted by Gasteiger charge is -2.22. The van der Waals surface area contributed by atoms with Crippen molar-refractivity contribution in [1.29, 1.82) is 0 Å². The van der Waals surface area contributed by atoms with Gasteiger partial charge < -0.3 is 11.1 Å². The van der Waals surface area contributed by atoms with Gasteiger partial charge in [0.05, 0.1) is 11.9 Å². The molecule has 0 saturated carbocycles. The van der Waals surface area contributed by atoms with Gasteiger partial charge in [0.15, 0.2) is 0 Å². The van der Waals surface area contributed by atoms with E-state index < -0.39 is 0 Å². The summed E-state index contributed by atoms with van der Waals surface area (Å²) in [5.74, 6) is 0.921. The van der Waals surface area contributed by atoms with Gasteiger partial charge in [0.1, 0.15) is 6.54 Å². The number of aromatic nitrogens is 2. The van der Waals surface area contributed by atoms with Crippen LogP contribution < -0.4 is 11.1 Å². The molecule has 1 rings (SSSR count). The van der Waals surface area contributed by atoms with Crippen molar-refractivity contribution in [3.8, 4) is 0 Å². The van der Waals surface area contributed by atoms with Crippen molar-refractivity contribution in [2.75, 3.05) is 5.32 Å². The van der Waals surface area contributed by atoms with Crippen molar-refractivity contribution < 1.29 is 4.79 Å². The van der Waals surface area contributed by atoms with E-state index in [1.165, 1.54) is 0 Å². The van der Waals surface area contributed by atoms with Crippen molar-refractivity contribution in [3.63, 3.8) is 0 Å². The second-order valence-corrected chi connectivity index (χ2v) is 5.99. The predicted molar refractivity (Wildman–Crippen MR) is 77.7 cm³/mol. The molecule has 0 bridgehead atoms. The molecule has 0 aliphatic heterocycles. The first-order valence-corrected chi connectivity index (χ1v) is 6.94. The number of amides is 1. The lowest BCUT2D eigenvalue weighted by atomic mass is 9.95. The smallest absolute Gasteiger partial charge is 0.239 e. The number of anilines is 1. The van der Waals surface area contributed by atoms with Crippen molar-refractivity contribution in [2.45, 2.75) is 53.1 Å². The number of hydrogen-bond acceptors (Lipinski definition) is 3. The van der Waals surface area contributed by atoms with Crippen LogP contribution in [0.5, 0.6) is 0 Å². The van der Waals surface area contributed by atoms with Crippen LogP contribution in [-0.4, -0.2) is 21.7 Å². The minimum absolute atomic E-state index is 0.126. The van der Waals surface area contributed by atoms with Crippen molar-refractivity contribution in [1.82, 2.24) is 9.78 Å². The van der Waals surface area contributed by atoms with Gasteiger partial charge in [-0.2, -0.15) is 5.10 Å². The van der Waals surface area contributed by atoms with E-state index in [9.17, 15) is 4.79 Å². The maximum absolute atomic E-state index is 10.8. The molecule has 0 spiro atoms. The molecular weight excluding hydrogens is 240 g/mol. The summed E-state index contributed by atoms with van der Waals surface area (Å²) < 4.78 is 1.56. The van der Waals surface area contributed by atoms with Gasteiger partial charge in [0.25, 0.3) is 0 Å². The molecule has 0 saturated heterocycles. The molecule has 0 aliphatic rings. The highest BCUT2D eigenvalue weighted by atomic mass is 16.1. The molecule has 108 valence electrons.